The van der Waals surface area contributed by atoms with Crippen molar-refractivity contribution in [1.82, 2.24) is 10.2 Å². The van der Waals surface area contributed by atoms with Crippen LogP contribution in [0.25, 0.3) is 0 Å². The van der Waals surface area contributed by atoms with E-state index in [1.807, 2.05) is 0 Å². The van der Waals surface area contributed by atoms with Crippen molar-refractivity contribution < 1.29 is 0 Å². The van der Waals surface area contributed by atoms with Gasteiger partial charge in [0, 0.05) is 31.4 Å². The Kier molecular flexibility index (Phi) is 9.78. The van der Waals surface area contributed by atoms with Crippen LogP contribution in [0, 0.1) is 12.8 Å². The molecule has 136 valence electrons. The molecule has 1 aromatic carbocycles. The standard InChI is InChI=1S/C11H22N2.C11H16/c1-4-10(2)12-9-11(3)13-7-5-6-8-13;1-9(2)8-11-7-5-4-6-10(11)3/h10,12H,3-9H2,1-2H3;4-7,9H,8H2,1-3H3. The van der Waals surface area contributed by atoms with Crippen molar-refractivity contribution in [3.8, 4) is 0 Å². The minimum Gasteiger partial charge on any atom is -0.374 e. The predicted octanol–water partition coefficient (Wildman–Crippen LogP) is 5.18. The Balaban J connectivity index is 0.000000243. The summed E-state index contributed by atoms with van der Waals surface area (Å²) < 4.78 is 0. The van der Waals surface area contributed by atoms with E-state index in [9.17, 15) is 0 Å². The van der Waals surface area contributed by atoms with Gasteiger partial charge >= 0.3 is 0 Å². The molecule has 0 aromatic heterocycles. The van der Waals surface area contributed by atoms with E-state index < -0.39 is 0 Å². The summed E-state index contributed by atoms with van der Waals surface area (Å²) in [5.74, 6) is 0.760. The minimum absolute atomic E-state index is 0.611. The molecule has 2 nitrogen and oxygen atoms in total. The van der Waals surface area contributed by atoms with Gasteiger partial charge in [-0.05, 0) is 56.6 Å². The normalized spacial score (nSPS) is 15.2. The van der Waals surface area contributed by atoms with Crippen LogP contribution in [0.4, 0.5) is 0 Å². The second kappa shape index (κ2) is 11.3. The van der Waals surface area contributed by atoms with E-state index in [4.69, 9.17) is 0 Å². The number of rotatable bonds is 7. The molecule has 0 amide bonds. The van der Waals surface area contributed by atoms with Gasteiger partial charge in [0.2, 0.25) is 0 Å². The highest BCUT2D eigenvalue weighted by Crippen LogP contribution is 2.13. The SMILES string of the molecule is C=C(CNC(C)CC)N1CCCC1.Cc1ccccc1CC(C)C. The van der Waals surface area contributed by atoms with Crippen LogP contribution in [-0.2, 0) is 6.42 Å². The minimum atomic E-state index is 0.611. The fourth-order valence-corrected chi connectivity index (χ4v) is 2.86. The Hall–Kier alpha value is -1.28. The maximum atomic E-state index is 4.11. The average molecular weight is 331 g/mol. The van der Waals surface area contributed by atoms with Crippen LogP contribution in [-0.4, -0.2) is 30.6 Å². The number of hydrogen-bond donors (Lipinski definition) is 1. The fraction of sp³-hybridized carbons (Fsp3) is 0.636. The molecular weight excluding hydrogens is 292 g/mol. The van der Waals surface area contributed by atoms with Crippen molar-refractivity contribution in [2.24, 2.45) is 5.92 Å². The summed E-state index contributed by atoms with van der Waals surface area (Å²) in [7, 11) is 0. The molecule has 1 unspecified atom stereocenters. The number of hydrogen-bond acceptors (Lipinski definition) is 2. The maximum Gasteiger partial charge on any atom is 0.0352 e. The third-order valence-electron chi connectivity index (χ3n) is 4.71. The Bertz CT molecular complexity index is 473. The van der Waals surface area contributed by atoms with Gasteiger partial charge in [0.05, 0.1) is 0 Å². The number of aryl methyl sites for hydroxylation is 1. The summed E-state index contributed by atoms with van der Waals surface area (Å²) in [6.07, 6.45) is 5.06. The Labute approximate surface area is 150 Å². The topological polar surface area (TPSA) is 15.3 Å². The molecule has 1 N–H and O–H groups in total. The van der Waals surface area contributed by atoms with Gasteiger partial charge in [0.15, 0.2) is 0 Å². The van der Waals surface area contributed by atoms with Crippen LogP contribution in [0.5, 0.6) is 0 Å². The first-order valence-electron chi connectivity index (χ1n) is 9.64. The summed E-state index contributed by atoms with van der Waals surface area (Å²) >= 11 is 0. The molecule has 2 heteroatoms. The summed E-state index contributed by atoms with van der Waals surface area (Å²) in [6.45, 7) is 18.6. The molecule has 0 bridgehead atoms. The van der Waals surface area contributed by atoms with Crippen molar-refractivity contribution in [3.05, 3.63) is 47.7 Å². The highest BCUT2D eigenvalue weighted by atomic mass is 15.2. The van der Waals surface area contributed by atoms with Crippen LogP contribution < -0.4 is 5.32 Å². The Morgan fingerprint density at radius 2 is 1.79 bits per heavy atom. The van der Waals surface area contributed by atoms with Gasteiger partial charge in [-0.3, -0.25) is 0 Å². The molecule has 1 heterocycles. The first-order valence-corrected chi connectivity index (χ1v) is 9.64. The molecule has 1 fully saturated rings. The van der Waals surface area contributed by atoms with Gasteiger partial charge in [0.25, 0.3) is 0 Å². The van der Waals surface area contributed by atoms with Gasteiger partial charge in [-0.15, -0.1) is 0 Å². The third-order valence-corrected chi connectivity index (χ3v) is 4.71. The average Bonchev–Trinajstić information content (AvgIpc) is 3.09. The van der Waals surface area contributed by atoms with Gasteiger partial charge in [-0.25, -0.2) is 0 Å². The van der Waals surface area contributed by atoms with Gasteiger partial charge in [-0.1, -0.05) is 51.6 Å². The van der Waals surface area contributed by atoms with E-state index in [0.29, 0.717) is 6.04 Å². The molecule has 0 spiro atoms. The van der Waals surface area contributed by atoms with E-state index in [1.54, 1.807) is 0 Å². The second-order valence-electron chi connectivity index (χ2n) is 7.48. The molecule has 24 heavy (non-hydrogen) atoms. The van der Waals surface area contributed by atoms with Gasteiger partial charge in [0.1, 0.15) is 0 Å². The fourth-order valence-electron chi connectivity index (χ4n) is 2.86. The molecule has 0 aliphatic carbocycles. The number of benzene rings is 1. The van der Waals surface area contributed by atoms with Crippen LogP contribution >= 0.6 is 0 Å². The molecule has 2 rings (SSSR count). The third kappa shape index (κ3) is 8.01. The molecule has 1 saturated heterocycles. The predicted molar refractivity (Wildman–Crippen MR) is 107 cm³/mol. The van der Waals surface area contributed by atoms with Crippen LogP contribution in [0.1, 0.15) is 58.1 Å². The van der Waals surface area contributed by atoms with Crippen LogP contribution in [0.15, 0.2) is 36.5 Å². The van der Waals surface area contributed by atoms with Crippen LogP contribution in [0.3, 0.4) is 0 Å². The lowest BCUT2D eigenvalue weighted by atomic mass is 9.99. The van der Waals surface area contributed by atoms with Gasteiger partial charge in [-0.2, -0.15) is 0 Å². The zero-order chi connectivity index (χ0) is 17.9. The largest absolute Gasteiger partial charge is 0.374 e. The summed E-state index contributed by atoms with van der Waals surface area (Å²) in [4.78, 5) is 2.40. The highest BCUT2D eigenvalue weighted by molar-refractivity contribution is 5.25. The molecule has 0 saturated carbocycles. The molecule has 1 aliphatic heterocycles. The lowest BCUT2D eigenvalue weighted by Gasteiger charge is -2.22. The van der Waals surface area contributed by atoms with Crippen molar-refractivity contribution >= 4 is 0 Å². The molecule has 1 aromatic rings. The van der Waals surface area contributed by atoms with Gasteiger partial charge < -0.3 is 10.2 Å². The first-order chi connectivity index (χ1) is 11.4. The lowest BCUT2D eigenvalue weighted by molar-refractivity contribution is 0.400. The number of nitrogens with zero attached hydrogens (tertiary/aromatic N) is 1. The summed E-state index contributed by atoms with van der Waals surface area (Å²) in [5, 5.41) is 3.47. The molecular formula is C22H38N2. The molecule has 1 atom stereocenters. The highest BCUT2D eigenvalue weighted by Gasteiger charge is 2.12. The second-order valence-corrected chi connectivity index (χ2v) is 7.48. The van der Waals surface area contributed by atoms with Crippen molar-refractivity contribution in [2.45, 2.75) is 66.3 Å². The zero-order valence-corrected chi connectivity index (χ0v) is 16.6. The van der Waals surface area contributed by atoms with Crippen molar-refractivity contribution in [3.63, 3.8) is 0 Å². The monoisotopic (exact) mass is 330 g/mol. The van der Waals surface area contributed by atoms with Crippen molar-refractivity contribution in [2.75, 3.05) is 19.6 Å². The van der Waals surface area contributed by atoms with Crippen molar-refractivity contribution in [1.29, 1.82) is 0 Å². The van der Waals surface area contributed by atoms with Crippen LogP contribution in [0.2, 0.25) is 0 Å². The van der Waals surface area contributed by atoms with E-state index in [2.05, 4.69) is 75.7 Å². The van der Waals surface area contributed by atoms with E-state index >= 15 is 0 Å². The summed E-state index contributed by atoms with van der Waals surface area (Å²) in [5.41, 5.74) is 4.17. The first kappa shape index (κ1) is 20.8. The smallest absolute Gasteiger partial charge is 0.0352 e. The maximum absolute atomic E-state index is 4.11. The summed E-state index contributed by atoms with van der Waals surface area (Å²) in [6, 6.07) is 9.22. The molecule has 1 aliphatic rings. The van der Waals surface area contributed by atoms with E-state index in [-0.39, 0.29) is 0 Å². The van der Waals surface area contributed by atoms with E-state index in [1.165, 1.54) is 55.6 Å². The van der Waals surface area contributed by atoms with E-state index in [0.717, 1.165) is 12.5 Å². The number of nitrogens with one attached hydrogen (secondary N) is 1. The lowest BCUT2D eigenvalue weighted by Crippen LogP contribution is -2.32. The Morgan fingerprint density at radius 1 is 1.17 bits per heavy atom. The zero-order valence-electron chi connectivity index (χ0n) is 16.6. The number of likely N-dealkylation sites (tertiary alicyclic amines) is 1. The quantitative estimate of drug-likeness (QED) is 0.741. The Morgan fingerprint density at radius 3 is 2.33 bits per heavy atom. The molecule has 0 radical (unpaired) electrons.